The van der Waals surface area contributed by atoms with Gasteiger partial charge in [0.05, 0.1) is 30.6 Å². The molecule has 1 aromatic carbocycles. The molecule has 2 fully saturated rings. The zero-order valence-electron chi connectivity index (χ0n) is 16.9. The van der Waals surface area contributed by atoms with Crippen LogP contribution in [0.1, 0.15) is 45.9 Å². The molecule has 1 atom stereocenters. The van der Waals surface area contributed by atoms with Crippen LogP contribution in [0.4, 0.5) is 0 Å². The Morgan fingerprint density at radius 3 is 2.67 bits per heavy atom. The van der Waals surface area contributed by atoms with Gasteiger partial charge in [0.15, 0.2) is 0 Å². The van der Waals surface area contributed by atoms with E-state index < -0.39 is 0 Å². The lowest BCUT2D eigenvalue weighted by atomic mass is 10.2. The van der Waals surface area contributed by atoms with Crippen LogP contribution in [0.3, 0.4) is 0 Å². The number of thiophene rings is 1. The van der Waals surface area contributed by atoms with Gasteiger partial charge in [-0.15, -0.1) is 11.3 Å². The number of rotatable bonds is 7. The summed E-state index contributed by atoms with van der Waals surface area (Å²) >= 11 is 1.74. The number of aromatic nitrogens is 2. The van der Waals surface area contributed by atoms with Gasteiger partial charge in [0.2, 0.25) is 0 Å². The lowest BCUT2D eigenvalue weighted by Gasteiger charge is -2.34. The number of carbonyl (C=O) groups is 1. The van der Waals surface area contributed by atoms with Gasteiger partial charge in [-0.05, 0) is 42.5 Å². The summed E-state index contributed by atoms with van der Waals surface area (Å²) in [7, 11) is 0. The molecule has 3 heterocycles. The maximum absolute atomic E-state index is 13.2. The molecule has 1 saturated carbocycles. The van der Waals surface area contributed by atoms with E-state index >= 15 is 0 Å². The molecule has 2 aromatic heterocycles. The van der Waals surface area contributed by atoms with Crippen LogP contribution < -0.4 is 5.32 Å². The maximum Gasteiger partial charge on any atom is 0.270 e. The first-order valence-corrected chi connectivity index (χ1v) is 11.5. The van der Waals surface area contributed by atoms with E-state index in [0.29, 0.717) is 18.2 Å². The summed E-state index contributed by atoms with van der Waals surface area (Å²) in [5.41, 5.74) is 2.54. The Balaban J connectivity index is 1.36. The van der Waals surface area contributed by atoms with Gasteiger partial charge in [0.25, 0.3) is 5.91 Å². The summed E-state index contributed by atoms with van der Waals surface area (Å²) in [6.45, 7) is 3.80. The van der Waals surface area contributed by atoms with Crippen LogP contribution in [0.2, 0.25) is 0 Å². The second kappa shape index (κ2) is 8.71. The number of morpholine rings is 1. The molecule has 0 bridgehead atoms. The van der Waals surface area contributed by atoms with E-state index in [1.54, 1.807) is 16.0 Å². The molecule has 0 spiro atoms. The molecule has 5 rings (SSSR count). The van der Waals surface area contributed by atoms with E-state index in [1.807, 2.05) is 36.4 Å². The summed E-state index contributed by atoms with van der Waals surface area (Å²) in [6.07, 6.45) is 2.31. The van der Waals surface area contributed by atoms with Gasteiger partial charge in [-0.1, -0.05) is 24.3 Å². The monoisotopic (exact) mass is 422 g/mol. The van der Waals surface area contributed by atoms with Crippen LogP contribution in [0.25, 0.3) is 5.69 Å². The zero-order valence-corrected chi connectivity index (χ0v) is 17.7. The molecule has 0 radical (unpaired) electrons. The van der Waals surface area contributed by atoms with Gasteiger partial charge >= 0.3 is 0 Å². The Hall–Kier alpha value is -2.48. The highest BCUT2D eigenvalue weighted by Gasteiger charge is 2.30. The first kappa shape index (κ1) is 19.5. The third kappa shape index (κ3) is 4.19. The Morgan fingerprint density at radius 2 is 1.97 bits per heavy atom. The number of carbonyl (C=O) groups excluding carboxylic acids is 1. The normalized spacial score (nSPS) is 18.3. The van der Waals surface area contributed by atoms with E-state index in [-0.39, 0.29) is 11.9 Å². The van der Waals surface area contributed by atoms with Crippen molar-refractivity contribution >= 4 is 17.2 Å². The van der Waals surface area contributed by atoms with Crippen LogP contribution in [0, 0.1) is 0 Å². The van der Waals surface area contributed by atoms with Crippen LogP contribution in [-0.4, -0.2) is 53.4 Å². The highest BCUT2D eigenvalue weighted by molar-refractivity contribution is 7.10. The quantitative estimate of drug-likeness (QED) is 0.632. The Bertz CT molecular complexity index is 976. The molecule has 1 N–H and O–H groups in total. The maximum atomic E-state index is 13.2. The third-order valence-electron chi connectivity index (χ3n) is 5.77. The molecule has 1 amide bonds. The summed E-state index contributed by atoms with van der Waals surface area (Å²) in [4.78, 5) is 16.9. The Morgan fingerprint density at radius 1 is 1.17 bits per heavy atom. The van der Waals surface area contributed by atoms with Gasteiger partial charge in [-0.25, -0.2) is 4.68 Å². The van der Waals surface area contributed by atoms with Crippen molar-refractivity contribution in [2.45, 2.75) is 24.8 Å². The number of ether oxygens (including phenoxy) is 1. The fourth-order valence-corrected chi connectivity index (χ4v) is 4.83. The highest BCUT2D eigenvalue weighted by atomic mass is 32.1. The summed E-state index contributed by atoms with van der Waals surface area (Å²) < 4.78 is 7.31. The molecule has 1 aliphatic carbocycles. The third-order valence-corrected chi connectivity index (χ3v) is 6.74. The number of amides is 1. The molecule has 2 aliphatic rings. The van der Waals surface area contributed by atoms with Crippen molar-refractivity contribution in [3.8, 4) is 5.69 Å². The van der Waals surface area contributed by atoms with Crippen molar-refractivity contribution in [1.82, 2.24) is 20.0 Å². The van der Waals surface area contributed by atoms with Crippen molar-refractivity contribution in [3.63, 3.8) is 0 Å². The molecule has 6 nitrogen and oxygen atoms in total. The summed E-state index contributed by atoms with van der Waals surface area (Å²) in [6, 6.07) is 16.2. The zero-order chi connectivity index (χ0) is 20.3. The number of hydrogen-bond donors (Lipinski definition) is 1. The number of hydrogen-bond acceptors (Lipinski definition) is 5. The van der Waals surface area contributed by atoms with E-state index in [2.05, 4.69) is 27.7 Å². The van der Waals surface area contributed by atoms with Gasteiger partial charge in [-0.3, -0.25) is 9.69 Å². The van der Waals surface area contributed by atoms with Crippen molar-refractivity contribution in [2.24, 2.45) is 0 Å². The predicted molar refractivity (Wildman–Crippen MR) is 117 cm³/mol. The largest absolute Gasteiger partial charge is 0.379 e. The van der Waals surface area contributed by atoms with E-state index in [1.165, 1.54) is 4.88 Å². The van der Waals surface area contributed by atoms with Gasteiger partial charge < -0.3 is 10.1 Å². The van der Waals surface area contributed by atoms with Gasteiger partial charge in [-0.2, -0.15) is 5.10 Å². The van der Waals surface area contributed by atoms with Gasteiger partial charge in [0, 0.05) is 30.4 Å². The smallest absolute Gasteiger partial charge is 0.270 e. The van der Waals surface area contributed by atoms with Crippen LogP contribution in [0.15, 0.2) is 53.9 Å². The molecule has 156 valence electrons. The number of benzene rings is 1. The number of nitrogens with one attached hydrogen (secondary N) is 1. The fraction of sp³-hybridized carbons (Fsp3) is 0.391. The minimum Gasteiger partial charge on any atom is -0.379 e. The lowest BCUT2D eigenvalue weighted by molar-refractivity contribution is 0.0169. The lowest BCUT2D eigenvalue weighted by Crippen LogP contribution is -2.43. The van der Waals surface area contributed by atoms with E-state index in [9.17, 15) is 4.79 Å². The van der Waals surface area contributed by atoms with Crippen molar-refractivity contribution in [1.29, 1.82) is 0 Å². The molecule has 1 aliphatic heterocycles. The van der Waals surface area contributed by atoms with Crippen molar-refractivity contribution < 1.29 is 9.53 Å². The van der Waals surface area contributed by atoms with Crippen molar-refractivity contribution in [3.05, 3.63) is 70.2 Å². The Labute approximate surface area is 180 Å². The molecular formula is C23H26N4O2S. The molecular weight excluding hydrogens is 396 g/mol. The van der Waals surface area contributed by atoms with Crippen LogP contribution >= 0.6 is 11.3 Å². The second-order valence-electron chi connectivity index (χ2n) is 7.87. The standard InChI is InChI=1S/C23H26N4O2S/c28-23(24-16-21(22-7-4-14-30-22)26-10-12-29-13-11-26)20-15-19(17-8-9-17)25-27(20)18-5-2-1-3-6-18/h1-7,14-15,17,21H,8-13,16H2,(H,24,28)/t21-/m0/s1. The van der Waals surface area contributed by atoms with Crippen molar-refractivity contribution in [2.75, 3.05) is 32.8 Å². The summed E-state index contributed by atoms with van der Waals surface area (Å²) in [5, 5.41) is 10.0. The minimum absolute atomic E-state index is 0.0759. The fourth-order valence-electron chi connectivity index (χ4n) is 3.97. The topological polar surface area (TPSA) is 59.4 Å². The molecule has 30 heavy (non-hydrogen) atoms. The average Bonchev–Trinajstić information content (AvgIpc) is 3.32. The SMILES string of the molecule is O=C(NC[C@@H](c1cccs1)N1CCOCC1)c1cc(C2CC2)nn1-c1ccccc1. The summed E-state index contributed by atoms with van der Waals surface area (Å²) in [5.74, 6) is 0.418. The van der Waals surface area contributed by atoms with E-state index in [4.69, 9.17) is 9.84 Å². The second-order valence-corrected chi connectivity index (χ2v) is 8.84. The van der Waals surface area contributed by atoms with Gasteiger partial charge in [0.1, 0.15) is 5.69 Å². The van der Waals surface area contributed by atoms with E-state index in [0.717, 1.165) is 50.5 Å². The first-order chi connectivity index (χ1) is 14.8. The minimum atomic E-state index is -0.0759. The van der Waals surface area contributed by atoms with Crippen LogP contribution in [-0.2, 0) is 4.74 Å². The molecule has 1 saturated heterocycles. The Kier molecular flexibility index (Phi) is 5.66. The molecule has 7 heteroatoms. The first-order valence-electron chi connectivity index (χ1n) is 10.6. The van der Waals surface area contributed by atoms with Crippen LogP contribution in [0.5, 0.6) is 0 Å². The average molecular weight is 423 g/mol. The number of para-hydroxylation sites is 1. The predicted octanol–water partition coefficient (Wildman–Crippen LogP) is 3.61. The molecule has 3 aromatic rings. The molecule has 0 unspecified atom stereocenters. The highest BCUT2D eigenvalue weighted by Crippen LogP contribution is 2.39. The number of nitrogens with zero attached hydrogens (tertiary/aromatic N) is 3.